The van der Waals surface area contributed by atoms with Gasteiger partial charge >= 0.3 is 0 Å². The highest BCUT2D eigenvalue weighted by Crippen LogP contribution is 2.39. The van der Waals surface area contributed by atoms with E-state index in [9.17, 15) is 14.6 Å². The van der Waals surface area contributed by atoms with Crippen LogP contribution in [0.4, 0.5) is 4.39 Å². The van der Waals surface area contributed by atoms with Crippen molar-refractivity contribution in [3.05, 3.63) is 59.4 Å². The molecule has 0 saturated heterocycles. The smallest absolute Gasteiger partial charge is 0.138 e. The number of hydrogen-bond donors (Lipinski definition) is 2. The first-order valence-corrected chi connectivity index (χ1v) is 7.63. The molecule has 0 unspecified atom stereocenters. The van der Waals surface area contributed by atoms with Crippen LogP contribution in [0.1, 0.15) is 30.9 Å². The largest absolute Gasteiger partial charge is 0.507 e. The van der Waals surface area contributed by atoms with Crippen LogP contribution in [0.15, 0.2) is 42.5 Å². The van der Waals surface area contributed by atoms with Crippen LogP contribution in [-0.2, 0) is 0 Å². The molecule has 0 aliphatic heterocycles. The molecule has 2 N–H and O–H groups in total. The molecule has 0 saturated carbocycles. The fourth-order valence-corrected chi connectivity index (χ4v) is 3.00. The van der Waals surface area contributed by atoms with E-state index in [1.165, 1.54) is 12.1 Å². The summed E-state index contributed by atoms with van der Waals surface area (Å²) in [6.45, 7) is 5.73. The summed E-state index contributed by atoms with van der Waals surface area (Å²) in [5.74, 6) is -0.399. The SMILES string of the molecule is Cc1ccc2c(F)c(-c3cc(O)c(C(C)C)c(O)c3)ccc2c1. The first kappa shape index (κ1) is 15.3. The first-order chi connectivity index (χ1) is 10.9. The van der Waals surface area contributed by atoms with E-state index in [1.807, 2.05) is 39.0 Å². The van der Waals surface area contributed by atoms with E-state index in [2.05, 4.69) is 0 Å². The average molecular weight is 310 g/mol. The number of rotatable bonds is 2. The molecule has 3 aromatic rings. The molecule has 118 valence electrons. The topological polar surface area (TPSA) is 40.5 Å². The molecule has 0 bridgehead atoms. The van der Waals surface area contributed by atoms with E-state index in [1.54, 1.807) is 12.1 Å². The summed E-state index contributed by atoms with van der Waals surface area (Å²) >= 11 is 0. The molecule has 0 amide bonds. The number of benzene rings is 3. The van der Waals surface area contributed by atoms with Gasteiger partial charge in [-0.3, -0.25) is 0 Å². The fraction of sp³-hybridized carbons (Fsp3) is 0.200. The maximum Gasteiger partial charge on any atom is 0.138 e. The predicted octanol–water partition coefficient (Wildman–Crippen LogP) is 5.49. The maximum atomic E-state index is 14.8. The normalized spacial score (nSPS) is 11.3. The van der Waals surface area contributed by atoms with Crippen LogP contribution in [0.5, 0.6) is 11.5 Å². The lowest BCUT2D eigenvalue weighted by Gasteiger charge is -2.14. The molecule has 0 atom stereocenters. The monoisotopic (exact) mass is 310 g/mol. The third-order valence-electron chi connectivity index (χ3n) is 4.13. The van der Waals surface area contributed by atoms with Crippen molar-refractivity contribution in [1.29, 1.82) is 0 Å². The lowest BCUT2D eigenvalue weighted by atomic mass is 9.94. The lowest BCUT2D eigenvalue weighted by molar-refractivity contribution is 0.434. The maximum absolute atomic E-state index is 14.8. The Hall–Kier alpha value is -2.55. The van der Waals surface area contributed by atoms with Gasteiger partial charge in [-0.1, -0.05) is 49.7 Å². The Balaban J connectivity index is 2.21. The minimum absolute atomic E-state index is 0.0154. The Labute approximate surface area is 134 Å². The van der Waals surface area contributed by atoms with Gasteiger partial charge < -0.3 is 10.2 Å². The van der Waals surface area contributed by atoms with E-state index >= 15 is 0 Å². The van der Waals surface area contributed by atoms with Gasteiger partial charge in [0.1, 0.15) is 17.3 Å². The van der Waals surface area contributed by atoms with Gasteiger partial charge in [0.25, 0.3) is 0 Å². The minimum atomic E-state index is -0.349. The third-order valence-corrected chi connectivity index (χ3v) is 4.13. The zero-order chi connectivity index (χ0) is 16.7. The third kappa shape index (κ3) is 2.63. The quantitative estimate of drug-likeness (QED) is 0.657. The molecule has 0 radical (unpaired) electrons. The van der Waals surface area contributed by atoms with Gasteiger partial charge in [0.05, 0.1) is 0 Å². The van der Waals surface area contributed by atoms with Crippen molar-refractivity contribution < 1.29 is 14.6 Å². The summed E-state index contributed by atoms with van der Waals surface area (Å²) < 4.78 is 14.8. The van der Waals surface area contributed by atoms with Gasteiger partial charge in [0.2, 0.25) is 0 Å². The highest BCUT2D eigenvalue weighted by Gasteiger charge is 2.16. The van der Waals surface area contributed by atoms with Crippen molar-refractivity contribution in [3.8, 4) is 22.6 Å². The summed E-state index contributed by atoms with van der Waals surface area (Å²) in [6.07, 6.45) is 0. The van der Waals surface area contributed by atoms with Crippen LogP contribution in [0.25, 0.3) is 21.9 Å². The second-order valence-electron chi connectivity index (χ2n) is 6.23. The molecule has 3 rings (SSSR count). The van der Waals surface area contributed by atoms with Crippen LogP contribution in [0, 0.1) is 12.7 Å². The minimum Gasteiger partial charge on any atom is -0.507 e. The van der Waals surface area contributed by atoms with Gasteiger partial charge in [0, 0.05) is 16.5 Å². The van der Waals surface area contributed by atoms with Crippen LogP contribution in [-0.4, -0.2) is 10.2 Å². The number of fused-ring (bicyclic) bond motifs is 1. The number of phenols is 2. The molecule has 3 aromatic carbocycles. The van der Waals surface area contributed by atoms with E-state index in [4.69, 9.17) is 0 Å². The standard InChI is InChI=1S/C20H19FO2/c1-11(2)19-17(22)9-14(10-18(19)23)16-7-5-13-8-12(3)4-6-15(13)20(16)21/h4-11,22-23H,1-3H3. The zero-order valence-electron chi connectivity index (χ0n) is 13.4. The molecule has 0 heterocycles. The van der Waals surface area contributed by atoms with Crippen LogP contribution in [0.3, 0.4) is 0 Å². The molecule has 3 heteroatoms. The Morgan fingerprint density at radius 3 is 2.17 bits per heavy atom. The van der Waals surface area contributed by atoms with Crippen molar-refractivity contribution in [2.24, 2.45) is 0 Å². The van der Waals surface area contributed by atoms with E-state index in [0.717, 1.165) is 10.9 Å². The molecule has 2 nitrogen and oxygen atoms in total. The van der Waals surface area contributed by atoms with Gasteiger partial charge in [-0.25, -0.2) is 4.39 Å². The number of aromatic hydroxyl groups is 2. The molecular weight excluding hydrogens is 291 g/mol. The van der Waals surface area contributed by atoms with Crippen molar-refractivity contribution in [2.75, 3.05) is 0 Å². The summed E-state index contributed by atoms with van der Waals surface area (Å²) in [6, 6.07) is 12.1. The Morgan fingerprint density at radius 1 is 0.913 bits per heavy atom. The van der Waals surface area contributed by atoms with Crippen LogP contribution < -0.4 is 0 Å². The van der Waals surface area contributed by atoms with Gasteiger partial charge in [-0.05, 0) is 35.9 Å². The second-order valence-corrected chi connectivity index (χ2v) is 6.23. The molecular formula is C20H19FO2. The fourth-order valence-electron chi connectivity index (χ4n) is 3.00. The van der Waals surface area contributed by atoms with E-state index in [0.29, 0.717) is 22.1 Å². The summed E-state index contributed by atoms with van der Waals surface area (Å²) in [7, 11) is 0. The van der Waals surface area contributed by atoms with Crippen molar-refractivity contribution in [2.45, 2.75) is 26.7 Å². The van der Waals surface area contributed by atoms with Crippen molar-refractivity contribution in [1.82, 2.24) is 0 Å². The highest BCUT2D eigenvalue weighted by atomic mass is 19.1. The Kier molecular flexibility index (Phi) is 3.72. The first-order valence-electron chi connectivity index (χ1n) is 7.63. The number of halogens is 1. The lowest BCUT2D eigenvalue weighted by Crippen LogP contribution is -1.92. The van der Waals surface area contributed by atoms with Gasteiger partial charge in [0.15, 0.2) is 0 Å². The van der Waals surface area contributed by atoms with E-state index < -0.39 is 0 Å². The Morgan fingerprint density at radius 2 is 1.57 bits per heavy atom. The molecule has 0 aliphatic rings. The summed E-state index contributed by atoms with van der Waals surface area (Å²) in [4.78, 5) is 0. The predicted molar refractivity (Wildman–Crippen MR) is 91.5 cm³/mol. The summed E-state index contributed by atoms with van der Waals surface area (Å²) in [5, 5.41) is 21.7. The highest BCUT2D eigenvalue weighted by molar-refractivity contribution is 5.89. The molecule has 0 spiro atoms. The molecule has 23 heavy (non-hydrogen) atoms. The van der Waals surface area contributed by atoms with E-state index in [-0.39, 0.29) is 23.2 Å². The van der Waals surface area contributed by atoms with Gasteiger partial charge in [-0.2, -0.15) is 0 Å². The second kappa shape index (κ2) is 5.58. The van der Waals surface area contributed by atoms with Crippen LogP contribution >= 0.6 is 0 Å². The summed E-state index contributed by atoms with van der Waals surface area (Å²) in [5.41, 5.74) is 2.37. The zero-order valence-corrected chi connectivity index (χ0v) is 13.4. The molecule has 0 aromatic heterocycles. The average Bonchev–Trinajstić information content (AvgIpc) is 2.46. The van der Waals surface area contributed by atoms with Crippen LogP contribution in [0.2, 0.25) is 0 Å². The number of hydrogen-bond acceptors (Lipinski definition) is 2. The number of aryl methyl sites for hydroxylation is 1. The van der Waals surface area contributed by atoms with Crippen molar-refractivity contribution in [3.63, 3.8) is 0 Å². The number of phenolic OH excluding ortho intramolecular Hbond substituents is 2. The molecule has 0 fully saturated rings. The van der Waals surface area contributed by atoms with Crippen molar-refractivity contribution >= 4 is 10.8 Å². The Bertz CT molecular complexity index is 875. The van der Waals surface area contributed by atoms with Gasteiger partial charge in [-0.15, -0.1) is 0 Å². The molecule has 0 aliphatic carbocycles.